The van der Waals surface area contributed by atoms with Crippen molar-refractivity contribution in [3.63, 3.8) is 0 Å². The molecule has 0 saturated heterocycles. The van der Waals surface area contributed by atoms with E-state index in [1.807, 2.05) is 24.5 Å². The van der Waals surface area contributed by atoms with Gasteiger partial charge in [-0.3, -0.25) is 0 Å². The molecule has 1 aromatic carbocycles. The topological polar surface area (TPSA) is 47.1 Å². The molecule has 102 valence electrons. The van der Waals surface area contributed by atoms with Gasteiger partial charge in [-0.1, -0.05) is 12.1 Å². The summed E-state index contributed by atoms with van der Waals surface area (Å²) in [6, 6.07) is 8.43. The summed E-state index contributed by atoms with van der Waals surface area (Å²) in [7, 11) is 0. The van der Waals surface area contributed by atoms with Gasteiger partial charge < -0.3 is 15.2 Å². The smallest absolute Gasteiger partial charge is 0.205 e. The summed E-state index contributed by atoms with van der Waals surface area (Å²) in [6.07, 6.45) is 3.88. The van der Waals surface area contributed by atoms with E-state index in [2.05, 4.69) is 47.4 Å². The van der Waals surface area contributed by atoms with E-state index in [9.17, 15) is 0 Å². The van der Waals surface area contributed by atoms with Gasteiger partial charge in [0, 0.05) is 37.2 Å². The number of aryl methyl sites for hydroxylation is 1. The number of nitrogen functional groups attached to an aromatic ring is 1. The summed E-state index contributed by atoms with van der Waals surface area (Å²) in [6.45, 7) is 8.28. The highest BCUT2D eigenvalue weighted by atomic mass is 15.3. The molecule has 4 heteroatoms. The average Bonchev–Trinajstić information content (AvgIpc) is 2.85. The second kappa shape index (κ2) is 5.78. The van der Waals surface area contributed by atoms with Crippen LogP contribution >= 0.6 is 0 Å². The Balaban J connectivity index is 2.24. The molecule has 0 atom stereocenters. The predicted molar refractivity (Wildman–Crippen MR) is 80.1 cm³/mol. The number of nitrogens with two attached hydrogens (primary N) is 1. The Morgan fingerprint density at radius 3 is 2.53 bits per heavy atom. The van der Waals surface area contributed by atoms with E-state index in [0.29, 0.717) is 6.04 Å². The van der Waals surface area contributed by atoms with Crippen molar-refractivity contribution in [1.29, 1.82) is 0 Å². The van der Waals surface area contributed by atoms with Gasteiger partial charge in [0.15, 0.2) is 0 Å². The molecule has 2 N–H and O–H groups in total. The van der Waals surface area contributed by atoms with Gasteiger partial charge >= 0.3 is 0 Å². The molecule has 4 nitrogen and oxygen atoms in total. The van der Waals surface area contributed by atoms with Crippen LogP contribution in [-0.2, 0) is 13.1 Å². The molecule has 0 saturated carbocycles. The second-order valence-electron chi connectivity index (χ2n) is 4.98. The van der Waals surface area contributed by atoms with Crippen LogP contribution in [0.25, 0.3) is 0 Å². The molecule has 2 aromatic rings. The third-order valence-corrected chi connectivity index (χ3v) is 3.25. The van der Waals surface area contributed by atoms with Crippen molar-refractivity contribution in [1.82, 2.24) is 9.55 Å². The molecule has 2 rings (SSSR count). The lowest BCUT2D eigenvalue weighted by Gasteiger charge is -2.28. The monoisotopic (exact) mass is 258 g/mol. The van der Waals surface area contributed by atoms with Gasteiger partial charge in [-0.05, 0) is 38.5 Å². The Morgan fingerprint density at radius 1 is 1.26 bits per heavy atom. The van der Waals surface area contributed by atoms with Crippen molar-refractivity contribution in [3.8, 4) is 0 Å². The number of benzene rings is 1. The summed E-state index contributed by atoms with van der Waals surface area (Å²) < 4.78 is 2.16. The molecule has 1 heterocycles. The predicted octanol–water partition coefficient (Wildman–Crippen LogP) is 2.90. The molecule has 0 aliphatic carbocycles. The zero-order valence-corrected chi connectivity index (χ0v) is 11.9. The van der Waals surface area contributed by atoms with Gasteiger partial charge in [-0.2, -0.15) is 0 Å². The Bertz CT molecular complexity index is 513. The first-order valence-electron chi connectivity index (χ1n) is 6.74. The lowest BCUT2D eigenvalue weighted by Crippen LogP contribution is -2.32. The van der Waals surface area contributed by atoms with Gasteiger partial charge in [0.2, 0.25) is 5.95 Å². The Labute approximate surface area is 114 Å². The summed E-state index contributed by atoms with van der Waals surface area (Å²) in [5.41, 5.74) is 7.77. The zero-order valence-electron chi connectivity index (χ0n) is 11.9. The van der Waals surface area contributed by atoms with E-state index >= 15 is 0 Å². The molecule has 0 radical (unpaired) electrons. The van der Waals surface area contributed by atoms with Crippen molar-refractivity contribution in [2.45, 2.75) is 39.9 Å². The Hall–Kier alpha value is -1.97. The minimum atomic E-state index is 0.394. The molecule has 0 aliphatic heterocycles. The minimum Gasteiger partial charge on any atom is -0.399 e. The molecular formula is C15H22N4. The Kier molecular flexibility index (Phi) is 4.10. The lowest BCUT2D eigenvalue weighted by molar-refractivity contribution is 0.626. The van der Waals surface area contributed by atoms with E-state index < -0.39 is 0 Å². The van der Waals surface area contributed by atoms with Crippen LogP contribution in [-0.4, -0.2) is 15.6 Å². The number of rotatable bonds is 5. The fourth-order valence-electron chi connectivity index (χ4n) is 2.11. The molecule has 0 unspecified atom stereocenters. The van der Waals surface area contributed by atoms with Crippen LogP contribution in [0.2, 0.25) is 0 Å². The first kappa shape index (κ1) is 13.5. The largest absolute Gasteiger partial charge is 0.399 e. The van der Waals surface area contributed by atoms with Crippen molar-refractivity contribution >= 4 is 11.6 Å². The Morgan fingerprint density at radius 2 is 1.95 bits per heavy atom. The van der Waals surface area contributed by atoms with Gasteiger partial charge in [0.25, 0.3) is 0 Å². The van der Waals surface area contributed by atoms with E-state index in [4.69, 9.17) is 5.73 Å². The summed E-state index contributed by atoms with van der Waals surface area (Å²) in [5, 5.41) is 0. The van der Waals surface area contributed by atoms with E-state index in [1.54, 1.807) is 0 Å². The highest BCUT2D eigenvalue weighted by Gasteiger charge is 2.15. The SMILES string of the molecule is CCn1ccnc1N(Cc1ccc(N)cc1)C(C)C. The molecule has 0 spiro atoms. The zero-order chi connectivity index (χ0) is 13.8. The van der Waals surface area contributed by atoms with Crippen molar-refractivity contribution < 1.29 is 0 Å². The van der Waals surface area contributed by atoms with Gasteiger partial charge in [0.1, 0.15) is 0 Å². The minimum absolute atomic E-state index is 0.394. The van der Waals surface area contributed by atoms with Crippen LogP contribution in [0.15, 0.2) is 36.7 Å². The van der Waals surface area contributed by atoms with Crippen LogP contribution in [0.4, 0.5) is 11.6 Å². The number of imidazole rings is 1. The fraction of sp³-hybridized carbons (Fsp3) is 0.400. The van der Waals surface area contributed by atoms with Gasteiger partial charge in [-0.25, -0.2) is 4.98 Å². The molecule has 1 aromatic heterocycles. The van der Waals surface area contributed by atoms with E-state index in [0.717, 1.165) is 24.7 Å². The molecular weight excluding hydrogens is 236 g/mol. The molecule has 0 fully saturated rings. The average molecular weight is 258 g/mol. The van der Waals surface area contributed by atoms with Gasteiger partial charge in [-0.15, -0.1) is 0 Å². The molecule has 0 bridgehead atoms. The highest BCUT2D eigenvalue weighted by Crippen LogP contribution is 2.19. The van der Waals surface area contributed by atoms with Crippen LogP contribution in [0.5, 0.6) is 0 Å². The van der Waals surface area contributed by atoms with E-state index in [-0.39, 0.29) is 0 Å². The van der Waals surface area contributed by atoms with Crippen LogP contribution in [0.1, 0.15) is 26.3 Å². The summed E-state index contributed by atoms with van der Waals surface area (Å²) in [5.74, 6) is 1.02. The van der Waals surface area contributed by atoms with Crippen molar-refractivity contribution in [3.05, 3.63) is 42.2 Å². The number of nitrogens with zero attached hydrogens (tertiary/aromatic N) is 3. The number of anilines is 2. The molecule has 19 heavy (non-hydrogen) atoms. The first-order valence-corrected chi connectivity index (χ1v) is 6.74. The normalized spacial score (nSPS) is 10.9. The highest BCUT2D eigenvalue weighted by molar-refractivity contribution is 5.41. The summed E-state index contributed by atoms with van der Waals surface area (Å²) >= 11 is 0. The fourth-order valence-corrected chi connectivity index (χ4v) is 2.11. The number of aromatic nitrogens is 2. The van der Waals surface area contributed by atoms with Crippen LogP contribution in [0.3, 0.4) is 0 Å². The number of hydrogen-bond acceptors (Lipinski definition) is 3. The lowest BCUT2D eigenvalue weighted by atomic mass is 10.2. The van der Waals surface area contributed by atoms with Crippen LogP contribution in [0, 0.1) is 0 Å². The third-order valence-electron chi connectivity index (χ3n) is 3.25. The van der Waals surface area contributed by atoms with Crippen molar-refractivity contribution in [2.75, 3.05) is 10.6 Å². The summed E-state index contributed by atoms with van der Waals surface area (Å²) in [4.78, 5) is 6.79. The maximum absolute atomic E-state index is 5.73. The third kappa shape index (κ3) is 3.08. The maximum atomic E-state index is 5.73. The quantitative estimate of drug-likeness (QED) is 0.839. The van der Waals surface area contributed by atoms with Crippen LogP contribution < -0.4 is 10.6 Å². The van der Waals surface area contributed by atoms with E-state index in [1.165, 1.54) is 5.56 Å². The van der Waals surface area contributed by atoms with Gasteiger partial charge in [0.05, 0.1) is 0 Å². The number of hydrogen-bond donors (Lipinski definition) is 1. The molecule has 0 amide bonds. The first-order chi connectivity index (χ1) is 9.11. The second-order valence-corrected chi connectivity index (χ2v) is 4.98. The van der Waals surface area contributed by atoms with Crippen molar-refractivity contribution in [2.24, 2.45) is 0 Å². The molecule has 0 aliphatic rings. The maximum Gasteiger partial charge on any atom is 0.205 e. The standard InChI is InChI=1S/C15H22N4/c1-4-18-10-9-17-15(18)19(12(2)3)11-13-5-7-14(16)8-6-13/h5-10,12H,4,11,16H2,1-3H3.